The molecule has 3 heteroatoms. The lowest BCUT2D eigenvalue weighted by Crippen LogP contribution is -2.31. The van der Waals surface area contributed by atoms with Gasteiger partial charge >= 0.3 is 0 Å². The maximum atomic E-state index is 8.98. The number of hydrogen-bond acceptors (Lipinski definition) is 3. The van der Waals surface area contributed by atoms with Crippen LogP contribution in [0.25, 0.3) is 0 Å². The molecule has 0 bridgehead atoms. The molecule has 96 valence electrons. The number of hydrogen-bond donors (Lipinski definition) is 1. The number of nitrogens with zero attached hydrogens (tertiary/aromatic N) is 2. The lowest BCUT2D eigenvalue weighted by atomic mass is 10.1. The number of nitriles is 1. The van der Waals surface area contributed by atoms with Crippen molar-refractivity contribution in [2.75, 3.05) is 17.7 Å². The van der Waals surface area contributed by atoms with Gasteiger partial charge in [0.25, 0.3) is 0 Å². The molecule has 1 saturated carbocycles. The van der Waals surface area contributed by atoms with Crippen molar-refractivity contribution in [2.45, 2.75) is 44.6 Å². The Morgan fingerprint density at radius 2 is 1.89 bits per heavy atom. The molecule has 1 aromatic rings. The molecular formula is C15H21N3. The Bertz CT molecular complexity index is 440. The van der Waals surface area contributed by atoms with Crippen molar-refractivity contribution in [1.29, 1.82) is 5.26 Å². The molecule has 18 heavy (non-hydrogen) atoms. The van der Waals surface area contributed by atoms with E-state index in [1.165, 1.54) is 38.5 Å². The molecular weight excluding hydrogens is 222 g/mol. The predicted octanol–water partition coefficient (Wildman–Crippen LogP) is 3.30. The standard InChI is InChI=1S/C15H21N3/c1-18(13-6-4-2-3-5-7-13)15-10-12(11-16)8-9-14(15)17/h8-10,13H,2-7,17H2,1H3. The van der Waals surface area contributed by atoms with Gasteiger partial charge in [0.1, 0.15) is 0 Å². The fraction of sp³-hybridized carbons (Fsp3) is 0.533. The summed E-state index contributed by atoms with van der Waals surface area (Å²) in [5.74, 6) is 0. The number of benzene rings is 1. The van der Waals surface area contributed by atoms with Gasteiger partial charge < -0.3 is 10.6 Å². The number of rotatable bonds is 2. The zero-order chi connectivity index (χ0) is 13.0. The van der Waals surface area contributed by atoms with Crippen LogP contribution in [0.2, 0.25) is 0 Å². The first kappa shape index (κ1) is 12.8. The smallest absolute Gasteiger partial charge is 0.0992 e. The molecule has 0 spiro atoms. The summed E-state index contributed by atoms with van der Waals surface area (Å²) in [5.41, 5.74) is 8.49. The molecule has 0 radical (unpaired) electrons. The van der Waals surface area contributed by atoms with Gasteiger partial charge in [0.05, 0.1) is 23.0 Å². The average molecular weight is 243 g/mol. The van der Waals surface area contributed by atoms with E-state index in [1.807, 2.05) is 12.1 Å². The molecule has 2 N–H and O–H groups in total. The Labute approximate surface area is 109 Å². The van der Waals surface area contributed by atoms with E-state index in [0.29, 0.717) is 11.6 Å². The molecule has 0 amide bonds. The van der Waals surface area contributed by atoms with Gasteiger partial charge in [-0.3, -0.25) is 0 Å². The molecule has 1 fully saturated rings. The normalized spacial score (nSPS) is 16.9. The summed E-state index contributed by atoms with van der Waals surface area (Å²) in [6.07, 6.45) is 7.75. The van der Waals surface area contributed by atoms with Crippen molar-refractivity contribution >= 4 is 11.4 Å². The summed E-state index contributed by atoms with van der Waals surface area (Å²) in [4.78, 5) is 2.27. The fourth-order valence-corrected chi connectivity index (χ4v) is 2.76. The van der Waals surface area contributed by atoms with Crippen LogP contribution in [0.5, 0.6) is 0 Å². The van der Waals surface area contributed by atoms with E-state index in [1.54, 1.807) is 6.07 Å². The lowest BCUT2D eigenvalue weighted by molar-refractivity contribution is 0.553. The first-order chi connectivity index (χ1) is 8.72. The molecule has 0 aliphatic heterocycles. The van der Waals surface area contributed by atoms with E-state index in [9.17, 15) is 0 Å². The van der Waals surface area contributed by atoms with Gasteiger partial charge in [0, 0.05) is 13.1 Å². The van der Waals surface area contributed by atoms with E-state index in [2.05, 4.69) is 18.0 Å². The molecule has 0 heterocycles. The molecule has 1 aliphatic carbocycles. The van der Waals surface area contributed by atoms with Crippen molar-refractivity contribution in [2.24, 2.45) is 0 Å². The van der Waals surface area contributed by atoms with E-state index in [0.717, 1.165) is 11.4 Å². The summed E-state index contributed by atoms with van der Waals surface area (Å²) in [7, 11) is 2.10. The summed E-state index contributed by atoms with van der Waals surface area (Å²) in [6, 6.07) is 8.26. The highest BCUT2D eigenvalue weighted by Crippen LogP contribution is 2.29. The van der Waals surface area contributed by atoms with Gasteiger partial charge in [-0.1, -0.05) is 25.7 Å². The largest absolute Gasteiger partial charge is 0.397 e. The Balaban J connectivity index is 2.21. The van der Waals surface area contributed by atoms with E-state index in [-0.39, 0.29) is 0 Å². The van der Waals surface area contributed by atoms with Crippen LogP contribution >= 0.6 is 0 Å². The van der Waals surface area contributed by atoms with Crippen molar-refractivity contribution in [3.05, 3.63) is 23.8 Å². The monoisotopic (exact) mass is 243 g/mol. The Morgan fingerprint density at radius 1 is 1.22 bits per heavy atom. The molecule has 0 saturated heterocycles. The van der Waals surface area contributed by atoms with Gasteiger partial charge in [0.15, 0.2) is 0 Å². The van der Waals surface area contributed by atoms with Crippen LogP contribution in [-0.4, -0.2) is 13.1 Å². The maximum absolute atomic E-state index is 8.98. The van der Waals surface area contributed by atoms with Crippen LogP contribution in [0, 0.1) is 11.3 Å². The first-order valence-electron chi connectivity index (χ1n) is 6.75. The Morgan fingerprint density at radius 3 is 2.50 bits per heavy atom. The topological polar surface area (TPSA) is 53.0 Å². The van der Waals surface area contributed by atoms with E-state index >= 15 is 0 Å². The van der Waals surface area contributed by atoms with Crippen LogP contribution in [0.15, 0.2) is 18.2 Å². The van der Waals surface area contributed by atoms with E-state index in [4.69, 9.17) is 11.0 Å². The minimum absolute atomic E-state index is 0.559. The third-order valence-corrected chi connectivity index (χ3v) is 3.91. The number of nitrogen functional groups attached to an aromatic ring is 1. The summed E-state index contributed by atoms with van der Waals surface area (Å²) in [5, 5.41) is 8.98. The third kappa shape index (κ3) is 2.76. The molecule has 3 nitrogen and oxygen atoms in total. The summed E-state index contributed by atoms with van der Waals surface area (Å²) in [6.45, 7) is 0. The van der Waals surface area contributed by atoms with Crippen molar-refractivity contribution in [3.8, 4) is 6.07 Å². The van der Waals surface area contributed by atoms with Gasteiger partial charge in [-0.15, -0.1) is 0 Å². The van der Waals surface area contributed by atoms with Crippen LogP contribution in [-0.2, 0) is 0 Å². The van der Waals surface area contributed by atoms with Crippen LogP contribution in [0.4, 0.5) is 11.4 Å². The molecule has 0 aromatic heterocycles. The molecule has 1 aromatic carbocycles. The number of nitrogens with two attached hydrogens (primary N) is 1. The molecule has 2 rings (SSSR count). The summed E-state index contributed by atoms with van der Waals surface area (Å²) >= 11 is 0. The van der Waals surface area contributed by atoms with Gasteiger partial charge in [-0.25, -0.2) is 0 Å². The second-order valence-corrected chi connectivity index (χ2v) is 5.14. The van der Waals surface area contributed by atoms with Crippen LogP contribution in [0.3, 0.4) is 0 Å². The average Bonchev–Trinajstić information content (AvgIpc) is 2.67. The Kier molecular flexibility index (Phi) is 4.09. The van der Waals surface area contributed by atoms with Gasteiger partial charge in [-0.2, -0.15) is 5.26 Å². The number of anilines is 2. The zero-order valence-corrected chi connectivity index (χ0v) is 11.0. The highest BCUT2D eigenvalue weighted by Gasteiger charge is 2.19. The van der Waals surface area contributed by atoms with Gasteiger partial charge in [-0.05, 0) is 31.0 Å². The lowest BCUT2D eigenvalue weighted by Gasteiger charge is -2.30. The zero-order valence-electron chi connectivity index (χ0n) is 11.0. The van der Waals surface area contributed by atoms with Crippen LogP contribution in [0.1, 0.15) is 44.1 Å². The predicted molar refractivity (Wildman–Crippen MR) is 75.5 cm³/mol. The van der Waals surface area contributed by atoms with Crippen molar-refractivity contribution in [3.63, 3.8) is 0 Å². The minimum Gasteiger partial charge on any atom is -0.397 e. The van der Waals surface area contributed by atoms with Crippen LogP contribution < -0.4 is 10.6 Å². The minimum atomic E-state index is 0.559. The maximum Gasteiger partial charge on any atom is 0.0992 e. The highest BCUT2D eigenvalue weighted by molar-refractivity contribution is 5.69. The first-order valence-corrected chi connectivity index (χ1v) is 6.75. The molecule has 0 atom stereocenters. The quantitative estimate of drug-likeness (QED) is 0.640. The van der Waals surface area contributed by atoms with E-state index < -0.39 is 0 Å². The SMILES string of the molecule is CN(c1cc(C#N)ccc1N)C1CCCCCC1. The molecule has 1 aliphatic rings. The molecule has 0 unspecified atom stereocenters. The van der Waals surface area contributed by atoms with Gasteiger partial charge in [0.2, 0.25) is 0 Å². The second-order valence-electron chi connectivity index (χ2n) is 5.14. The highest BCUT2D eigenvalue weighted by atomic mass is 15.1. The van der Waals surface area contributed by atoms with Crippen molar-refractivity contribution < 1.29 is 0 Å². The van der Waals surface area contributed by atoms with Crippen molar-refractivity contribution in [1.82, 2.24) is 0 Å². The second kappa shape index (κ2) is 5.77. The fourth-order valence-electron chi connectivity index (χ4n) is 2.76. The third-order valence-electron chi connectivity index (χ3n) is 3.91. The Hall–Kier alpha value is -1.69. The summed E-state index contributed by atoms with van der Waals surface area (Å²) < 4.78 is 0.